The summed E-state index contributed by atoms with van der Waals surface area (Å²) in [4.78, 5) is 27.2. The Morgan fingerprint density at radius 3 is 2.68 bits per heavy atom. The summed E-state index contributed by atoms with van der Waals surface area (Å²) < 4.78 is 4.86. The van der Waals surface area contributed by atoms with Crippen LogP contribution in [-0.4, -0.2) is 23.5 Å². The summed E-state index contributed by atoms with van der Waals surface area (Å²) in [6.07, 6.45) is 1.39. The average Bonchev–Trinajstić information content (AvgIpc) is 2.52. The highest BCUT2D eigenvalue weighted by Crippen LogP contribution is 2.14. The van der Waals surface area contributed by atoms with E-state index in [1.165, 1.54) is 18.3 Å². The third-order valence-corrected chi connectivity index (χ3v) is 3.30. The molecule has 0 atom stereocenters. The lowest BCUT2D eigenvalue weighted by Crippen LogP contribution is -2.28. The molecule has 0 bridgehead atoms. The molecule has 0 unspecified atom stereocenters. The molecule has 22 heavy (non-hydrogen) atoms. The van der Waals surface area contributed by atoms with Gasteiger partial charge in [-0.05, 0) is 23.8 Å². The molecule has 0 fully saturated rings. The topological polar surface area (TPSA) is 68.3 Å². The van der Waals surface area contributed by atoms with E-state index in [0.29, 0.717) is 10.0 Å². The first-order valence-corrected chi connectivity index (χ1v) is 7.10. The minimum atomic E-state index is -0.713. The van der Waals surface area contributed by atoms with E-state index in [9.17, 15) is 9.59 Å². The first-order valence-electron chi connectivity index (χ1n) is 6.35. The second kappa shape index (κ2) is 7.77. The third kappa shape index (κ3) is 4.72. The zero-order valence-electron chi connectivity index (χ0n) is 11.4. The summed E-state index contributed by atoms with van der Waals surface area (Å²) in [6.45, 7) is -0.150. The lowest BCUT2D eigenvalue weighted by Gasteiger charge is -2.07. The average molecular weight is 339 g/mol. The van der Waals surface area contributed by atoms with Gasteiger partial charge in [-0.15, -0.1) is 0 Å². The Labute approximate surface area is 137 Å². The molecule has 0 aliphatic rings. The number of carbonyl (C=O) groups excluding carboxylic acids is 2. The van der Waals surface area contributed by atoms with Gasteiger partial charge >= 0.3 is 5.97 Å². The number of carbonyl (C=O) groups is 2. The first-order chi connectivity index (χ1) is 10.6. The lowest BCUT2D eigenvalue weighted by atomic mass is 10.2. The van der Waals surface area contributed by atoms with Crippen LogP contribution in [0.25, 0.3) is 0 Å². The Kier molecular flexibility index (Phi) is 5.75. The number of nitrogens with zero attached hydrogens (tertiary/aromatic N) is 1. The SMILES string of the molecule is O=C(COC(=O)c1cc(Cl)ccn1)NCc1ccccc1Cl. The standard InChI is InChI=1S/C15H12Cl2N2O3/c16-11-5-6-18-13(7-11)15(21)22-9-14(20)19-8-10-3-1-2-4-12(10)17/h1-7H,8-9H2,(H,19,20). The Morgan fingerprint density at radius 2 is 1.95 bits per heavy atom. The summed E-state index contributed by atoms with van der Waals surface area (Å²) in [7, 11) is 0. The van der Waals surface area contributed by atoms with Crippen LogP contribution >= 0.6 is 23.2 Å². The van der Waals surface area contributed by atoms with Crippen LogP contribution in [-0.2, 0) is 16.1 Å². The number of nitrogens with one attached hydrogen (secondary N) is 1. The van der Waals surface area contributed by atoms with Crippen LogP contribution in [0.15, 0.2) is 42.6 Å². The molecule has 2 aromatic rings. The number of hydrogen-bond acceptors (Lipinski definition) is 4. The van der Waals surface area contributed by atoms with Gasteiger partial charge in [0.05, 0.1) is 0 Å². The first kappa shape index (κ1) is 16.3. The van der Waals surface area contributed by atoms with E-state index >= 15 is 0 Å². The van der Waals surface area contributed by atoms with Crippen LogP contribution in [0, 0.1) is 0 Å². The highest BCUT2D eigenvalue weighted by atomic mass is 35.5. The summed E-state index contributed by atoms with van der Waals surface area (Å²) in [5, 5.41) is 3.54. The summed E-state index contributed by atoms with van der Waals surface area (Å²) >= 11 is 11.7. The zero-order valence-corrected chi connectivity index (χ0v) is 12.9. The van der Waals surface area contributed by atoms with Crippen LogP contribution in [0.1, 0.15) is 16.1 Å². The van der Waals surface area contributed by atoms with Crippen molar-refractivity contribution in [1.82, 2.24) is 10.3 Å². The molecular weight excluding hydrogens is 327 g/mol. The minimum Gasteiger partial charge on any atom is -0.451 e. The molecule has 1 heterocycles. The molecule has 0 saturated heterocycles. The smallest absolute Gasteiger partial charge is 0.357 e. The number of rotatable bonds is 5. The fraction of sp³-hybridized carbons (Fsp3) is 0.133. The van der Waals surface area contributed by atoms with E-state index in [2.05, 4.69) is 10.3 Å². The number of benzene rings is 1. The van der Waals surface area contributed by atoms with Gasteiger partial charge in [-0.1, -0.05) is 41.4 Å². The van der Waals surface area contributed by atoms with Gasteiger partial charge in [0, 0.05) is 22.8 Å². The minimum absolute atomic E-state index is 0.0476. The number of amides is 1. The molecule has 0 spiro atoms. The molecule has 0 radical (unpaired) electrons. The van der Waals surface area contributed by atoms with E-state index in [4.69, 9.17) is 27.9 Å². The molecule has 0 aliphatic carbocycles. The molecule has 1 N–H and O–H groups in total. The predicted molar refractivity (Wildman–Crippen MR) is 82.8 cm³/mol. The number of ether oxygens (including phenoxy) is 1. The predicted octanol–water partition coefficient (Wildman–Crippen LogP) is 2.86. The van der Waals surface area contributed by atoms with E-state index in [1.54, 1.807) is 18.2 Å². The fourth-order valence-corrected chi connectivity index (χ4v) is 1.97. The van der Waals surface area contributed by atoms with Crippen molar-refractivity contribution >= 4 is 35.1 Å². The van der Waals surface area contributed by atoms with Gasteiger partial charge in [0.2, 0.25) is 0 Å². The van der Waals surface area contributed by atoms with Gasteiger partial charge in [-0.3, -0.25) is 4.79 Å². The summed E-state index contributed by atoms with van der Waals surface area (Å²) in [5.41, 5.74) is 0.826. The normalized spacial score (nSPS) is 10.1. The Balaban J connectivity index is 1.81. The molecule has 5 nitrogen and oxygen atoms in total. The second-order valence-corrected chi connectivity index (χ2v) is 5.15. The fourth-order valence-electron chi connectivity index (χ4n) is 1.61. The summed E-state index contributed by atoms with van der Waals surface area (Å²) in [6, 6.07) is 10.0. The van der Waals surface area contributed by atoms with Crippen LogP contribution in [0.5, 0.6) is 0 Å². The van der Waals surface area contributed by atoms with Gasteiger partial charge < -0.3 is 10.1 Å². The van der Waals surface area contributed by atoms with Gasteiger partial charge in [-0.2, -0.15) is 0 Å². The number of aromatic nitrogens is 1. The molecular formula is C15H12Cl2N2O3. The summed E-state index contributed by atoms with van der Waals surface area (Å²) in [5.74, 6) is -1.15. The highest BCUT2D eigenvalue weighted by molar-refractivity contribution is 6.31. The van der Waals surface area contributed by atoms with Crippen LogP contribution in [0.3, 0.4) is 0 Å². The van der Waals surface area contributed by atoms with E-state index in [-0.39, 0.29) is 12.2 Å². The molecule has 2 rings (SSSR count). The maximum atomic E-state index is 11.7. The monoisotopic (exact) mass is 338 g/mol. The van der Waals surface area contributed by atoms with Crippen molar-refractivity contribution in [2.75, 3.05) is 6.61 Å². The molecule has 0 aliphatic heterocycles. The Bertz CT molecular complexity index is 692. The van der Waals surface area contributed by atoms with Crippen molar-refractivity contribution in [3.05, 3.63) is 63.9 Å². The van der Waals surface area contributed by atoms with Gasteiger partial charge in [0.25, 0.3) is 5.91 Å². The molecule has 7 heteroatoms. The van der Waals surface area contributed by atoms with Crippen molar-refractivity contribution in [3.8, 4) is 0 Å². The van der Waals surface area contributed by atoms with Crippen molar-refractivity contribution < 1.29 is 14.3 Å². The Hall–Kier alpha value is -2.11. The van der Waals surface area contributed by atoms with E-state index < -0.39 is 18.5 Å². The van der Waals surface area contributed by atoms with Crippen molar-refractivity contribution in [3.63, 3.8) is 0 Å². The largest absolute Gasteiger partial charge is 0.451 e. The van der Waals surface area contributed by atoms with Crippen molar-refractivity contribution in [1.29, 1.82) is 0 Å². The van der Waals surface area contributed by atoms with Crippen molar-refractivity contribution in [2.45, 2.75) is 6.54 Å². The zero-order chi connectivity index (χ0) is 15.9. The number of halogens is 2. The molecule has 1 aromatic heterocycles. The van der Waals surface area contributed by atoms with E-state index in [1.807, 2.05) is 6.07 Å². The van der Waals surface area contributed by atoms with Gasteiger partial charge in [0.1, 0.15) is 5.69 Å². The lowest BCUT2D eigenvalue weighted by molar-refractivity contribution is -0.124. The van der Waals surface area contributed by atoms with E-state index in [0.717, 1.165) is 5.56 Å². The number of esters is 1. The number of hydrogen-bond donors (Lipinski definition) is 1. The second-order valence-electron chi connectivity index (χ2n) is 4.30. The van der Waals surface area contributed by atoms with Gasteiger partial charge in [0.15, 0.2) is 6.61 Å². The Morgan fingerprint density at radius 1 is 1.18 bits per heavy atom. The van der Waals surface area contributed by atoms with Gasteiger partial charge in [-0.25, -0.2) is 9.78 Å². The number of pyridine rings is 1. The quantitative estimate of drug-likeness (QED) is 0.851. The molecule has 1 amide bonds. The van der Waals surface area contributed by atoms with Crippen LogP contribution < -0.4 is 5.32 Å². The van der Waals surface area contributed by atoms with Crippen molar-refractivity contribution in [2.24, 2.45) is 0 Å². The third-order valence-electron chi connectivity index (χ3n) is 2.70. The maximum Gasteiger partial charge on any atom is 0.357 e. The molecule has 1 aromatic carbocycles. The van der Waals surface area contributed by atoms with Crippen LogP contribution in [0.4, 0.5) is 0 Å². The highest BCUT2D eigenvalue weighted by Gasteiger charge is 2.12. The molecule has 114 valence electrons. The molecule has 0 saturated carbocycles. The van der Waals surface area contributed by atoms with Crippen LogP contribution in [0.2, 0.25) is 10.0 Å². The maximum absolute atomic E-state index is 11.7.